The number of likely N-dealkylation sites (tertiary alicyclic amines) is 1. The van der Waals surface area contributed by atoms with Gasteiger partial charge in [-0.15, -0.1) is 0 Å². The number of nitrogens with zero attached hydrogens (tertiary/aromatic N) is 2. The van der Waals surface area contributed by atoms with Gasteiger partial charge in [-0.05, 0) is 56.2 Å². The van der Waals surface area contributed by atoms with E-state index in [4.69, 9.17) is 0 Å². The highest BCUT2D eigenvalue weighted by molar-refractivity contribution is 5.96. The predicted octanol–water partition coefficient (Wildman–Crippen LogP) is 3.90. The molecule has 8 heteroatoms. The van der Waals surface area contributed by atoms with Gasteiger partial charge in [-0.1, -0.05) is 6.07 Å². The average Bonchev–Trinajstić information content (AvgIpc) is 2.67. The highest BCUT2D eigenvalue weighted by atomic mass is 19.4. The van der Waals surface area contributed by atoms with E-state index in [9.17, 15) is 22.8 Å². The highest BCUT2D eigenvalue weighted by Crippen LogP contribution is 2.29. The first kappa shape index (κ1) is 19.9. The quantitative estimate of drug-likeness (QED) is 0.863. The summed E-state index contributed by atoms with van der Waals surface area (Å²) in [4.78, 5) is 30.9. The summed E-state index contributed by atoms with van der Waals surface area (Å²) in [5.74, 6) is -0.534. The van der Waals surface area contributed by atoms with E-state index in [1.165, 1.54) is 17.0 Å². The lowest BCUT2D eigenvalue weighted by Gasteiger charge is -2.32. The lowest BCUT2D eigenvalue weighted by Crippen LogP contribution is -2.43. The molecule has 1 aromatic carbocycles. The van der Waals surface area contributed by atoms with Crippen LogP contribution in [-0.4, -0.2) is 34.8 Å². The van der Waals surface area contributed by atoms with Crippen LogP contribution in [0.1, 0.15) is 34.5 Å². The number of aryl methyl sites for hydroxylation is 1. The van der Waals surface area contributed by atoms with Gasteiger partial charge < -0.3 is 10.2 Å². The smallest absolute Gasteiger partial charge is 0.338 e. The number of carbonyl (C=O) groups excluding carboxylic acids is 2. The molecule has 0 saturated carbocycles. The standard InChI is InChI=1S/C20H20F3N3O2/c1-13-4-2-6-17(24-13)25-18(27)15-5-3-11-26(12-15)19(28)14-7-9-16(10-8-14)20(21,22)23/h2,4,6-10,15H,3,5,11-12H2,1H3,(H,24,25,27)/t15-/m1/s1. The normalized spacial score (nSPS) is 17.3. The zero-order valence-electron chi connectivity index (χ0n) is 15.3. The topological polar surface area (TPSA) is 62.3 Å². The summed E-state index contributed by atoms with van der Waals surface area (Å²) in [7, 11) is 0. The largest absolute Gasteiger partial charge is 0.416 e. The first-order valence-corrected chi connectivity index (χ1v) is 8.95. The lowest BCUT2D eigenvalue weighted by molar-refractivity contribution is -0.137. The molecule has 1 saturated heterocycles. The SMILES string of the molecule is Cc1cccc(NC(=O)[C@@H]2CCCN(C(=O)c3ccc(C(F)(F)F)cc3)C2)n1. The molecule has 2 aromatic rings. The van der Waals surface area contributed by atoms with Crippen LogP contribution in [0.5, 0.6) is 0 Å². The van der Waals surface area contributed by atoms with Crippen LogP contribution in [0.4, 0.5) is 19.0 Å². The summed E-state index contributed by atoms with van der Waals surface area (Å²) in [5.41, 5.74) is 0.153. The zero-order chi connectivity index (χ0) is 20.3. The summed E-state index contributed by atoms with van der Waals surface area (Å²) >= 11 is 0. The third-order valence-electron chi connectivity index (χ3n) is 4.68. The summed E-state index contributed by atoms with van der Waals surface area (Å²) in [6, 6.07) is 9.44. The number of rotatable bonds is 3. The Kier molecular flexibility index (Phi) is 5.67. The van der Waals surface area contributed by atoms with Crippen LogP contribution in [0.15, 0.2) is 42.5 Å². The molecule has 0 unspecified atom stereocenters. The van der Waals surface area contributed by atoms with E-state index < -0.39 is 17.7 Å². The van der Waals surface area contributed by atoms with E-state index in [-0.39, 0.29) is 23.9 Å². The van der Waals surface area contributed by atoms with Crippen LogP contribution in [0.2, 0.25) is 0 Å². The third kappa shape index (κ3) is 4.68. The van der Waals surface area contributed by atoms with Gasteiger partial charge in [0.25, 0.3) is 5.91 Å². The van der Waals surface area contributed by atoms with Gasteiger partial charge in [-0.3, -0.25) is 9.59 Å². The van der Waals surface area contributed by atoms with Gasteiger partial charge in [-0.25, -0.2) is 4.98 Å². The van der Waals surface area contributed by atoms with Crippen LogP contribution >= 0.6 is 0 Å². The minimum Gasteiger partial charge on any atom is -0.338 e. The van der Waals surface area contributed by atoms with Crippen LogP contribution in [0.3, 0.4) is 0 Å². The van der Waals surface area contributed by atoms with E-state index in [2.05, 4.69) is 10.3 Å². The Labute approximate surface area is 160 Å². The Morgan fingerprint density at radius 1 is 1.14 bits per heavy atom. The fourth-order valence-electron chi connectivity index (χ4n) is 3.20. The van der Waals surface area contributed by atoms with Crippen molar-refractivity contribution >= 4 is 17.6 Å². The first-order chi connectivity index (χ1) is 13.2. The maximum absolute atomic E-state index is 12.7. The summed E-state index contributed by atoms with van der Waals surface area (Å²) in [6.45, 7) is 2.50. The van der Waals surface area contributed by atoms with E-state index in [0.717, 1.165) is 17.8 Å². The second-order valence-corrected chi connectivity index (χ2v) is 6.82. The number of carbonyl (C=O) groups is 2. The number of aromatic nitrogens is 1. The highest BCUT2D eigenvalue weighted by Gasteiger charge is 2.32. The maximum Gasteiger partial charge on any atom is 0.416 e. The van der Waals surface area contributed by atoms with Crippen LogP contribution in [0, 0.1) is 12.8 Å². The summed E-state index contributed by atoms with van der Waals surface area (Å²) < 4.78 is 38.0. The Bertz CT molecular complexity index is 866. The summed E-state index contributed by atoms with van der Waals surface area (Å²) in [5, 5.41) is 2.76. The molecule has 1 N–H and O–H groups in total. The van der Waals surface area contributed by atoms with E-state index >= 15 is 0 Å². The molecule has 28 heavy (non-hydrogen) atoms. The Hall–Kier alpha value is -2.90. The van der Waals surface area contributed by atoms with E-state index in [0.29, 0.717) is 25.2 Å². The van der Waals surface area contributed by atoms with Crippen molar-refractivity contribution in [3.63, 3.8) is 0 Å². The number of nitrogens with one attached hydrogen (secondary N) is 1. The number of halogens is 3. The van der Waals surface area contributed by atoms with Crippen molar-refractivity contribution in [3.8, 4) is 0 Å². The van der Waals surface area contributed by atoms with Crippen molar-refractivity contribution in [2.75, 3.05) is 18.4 Å². The van der Waals surface area contributed by atoms with Crippen LogP contribution in [-0.2, 0) is 11.0 Å². The van der Waals surface area contributed by atoms with Gasteiger partial charge in [0.05, 0.1) is 11.5 Å². The Balaban J connectivity index is 1.65. The lowest BCUT2D eigenvalue weighted by atomic mass is 9.96. The van der Waals surface area contributed by atoms with Crippen molar-refractivity contribution in [3.05, 3.63) is 59.3 Å². The molecule has 0 spiro atoms. The van der Waals surface area contributed by atoms with Gasteiger partial charge in [0.15, 0.2) is 0 Å². The van der Waals surface area contributed by atoms with Gasteiger partial charge in [0, 0.05) is 24.3 Å². The number of piperidine rings is 1. The van der Waals surface area contributed by atoms with Crippen molar-refractivity contribution in [1.82, 2.24) is 9.88 Å². The monoisotopic (exact) mass is 391 g/mol. The van der Waals surface area contributed by atoms with E-state index in [1.807, 2.05) is 13.0 Å². The number of hydrogen-bond donors (Lipinski definition) is 1. The number of benzene rings is 1. The van der Waals surface area contributed by atoms with Gasteiger partial charge in [0.1, 0.15) is 5.82 Å². The maximum atomic E-state index is 12.7. The van der Waals surface area contributed by atoms with Crippen LogP contribution in [0.25, 0.3) is 0 Å². The van der Waals surface area contributed by atoms with Crippen molar-refractivity contribution < 1.29 is 22.8 Å². The van der Waals surface area contributed by atoms with Gasteiger partial charge in [0.2, 0.25) is 5.91 Å². The Morgan fingerprint density at radius 2 is 1.86 bits per heavy atom. The summed E-state index contributed by atoms with van der Waals surface area (Å²) in [6.07, 6.45) is -3.17. The molecule has 1 aromatic heterocycles. The fraction of sp³-hybridized carbons (Fsp3) is 0.350. The van der Waals surface area contributed by atoms with Gasteiger partial charge in [-0.2, -0.15) is 13.2 Å². The molecule has 0 bridgehead atoms. The molecule has 1 aliphatic rings. The molecular weight excluding hydrogens is 371 g/mol. The molecule has 0 radical (unpaired) electrons. The molecule has 2 amide bonds. The molecule has 0 aliphatic carbocycles. The number of anilines is 1. The second kappa shape index (κ2) is 8.00. The first-order valence-electron chi connectivity index (χ1n) is 8.95. The molecule has 1 atom stereocenters. The molecule has 3 rings (SSSR count). The molecule has 1 fully saturated rings. The van der Waals surface area contributed by atoms with Crippen molar-refractivity contribution in [2.45, 2.75) is 25.9 Å². The van der Waals surface area contributed by atoms with E-state index in [1.54, 1.807) is 12.1 Å². The molecule has 1 aliphatic heterocycles. The number of amides is 2. The number of hydrogen-bond acceptors (Lipinski definition) is 3. The molecule has 2 heterocycles. The predicted molar refractivity (Wildman–Crippen MR) is 97.7 cm³/mol. The van der Waals surface area contributed by atoms with Crippen LogP contribution < -0.4 is 5.32 Å². The van der Waals surface area contributed by atoms with Crippen molar-refractivity contribution in [2.24, 2.45) is 5.92 Å². The zero-order valence-corrected chi connectivity index (χ0v) is 15.3. The minimum absolute atomic E-state index is 0.175. The second-order valence-electron chi connectivity index (χ2n) is 6.82. The Morgan fingerprint density at radius 3 is 2.50 bits per heavy atom. The molecular formula is C20H20F3N3O2. The molecule has 5 nitrogen and oxygen atoms in total. The fourth-order valence-corrected chi connectivity index (χ4v) is 3.20. The van der Waals surface area contributed by atoms with Crippen molar-refractivity contribution in [1.29, 1.82) is 0 Å². The van der Waals surface area contributed by atoms with Gasteiger partial charge >= 0.3 is 6.18 Å². The number of pyridine rings is 1. The number of alkyl halides is 3. The molecule has 148 valence electrons. The average molecular weight is 391 g/mol. The third-order valence-corrected chi connectivity index (χ3v) is 4.68. The minimum atomic E-state index is -4.44.